The Morgan fingerprint density at radius 2 is 1.23 bits per heavy atom. The van der Waals surface area contributed by atoms with E-state index in [0.717, 1.165) is 39.1 Å². The summed E-state index contributed by atoms with van der Waals surface area (Å²) in [5.41, 5.74) is 8.48. The number of aliphatic hydroxyl groups is 1. The van der Waals surface area contributed by atoms with Crippen LogP contribution in [0.25, 0.3) is 33.2 Å². The van der Waals surface area contributed by atoms with Crippen molar-refractivity contribution in [3.8, 4) is 11.5 Å². The predicted octanol–water partition coefficient (Wildman–Crippen LogP) is 10.0. The van der Waals surface area contributed by atoms with Crippen molar-refractivity contribution in [2.24, 2.45) is 0 Å². The third-order valence-electron chi connectivity index (χ3n) is 10.7. The maximum Gasteiger partial charge on any atom is 0.195 e. The molecule has 0 spiro atoms. The van der Waals surface area contributed by atoms with Crippen LogP contribution in [0, 0.1) is 19.3 Å². The van der Waals surface area contributed by atoms with Crippen LogP contribution < -0.4 is 24.6 Å². The molecule has 0 aliphatic carbocycles. The standard InChI is InChI=1S/C25H22N4O3.C22H24N4O.C2H6/c1-31-17-12-16(13-18(14-17)32-2)29-22(15-8-4-3-5-9-15)23(30)21(24(29)26)25-27-19-10-6-7-11-20(19)28-25;1-13-10-14(2)12-15(11-13)26-21(23-5)18(19(27)22(26,3)4)20-24-16-8-6-7-9-17(16)25-20;1-2/h3-14,22,26,30H,1-2H3,(H,27,28);6-12,23H,1-5H3,(H,24,25);1-2H3/t22-;;/m0../s1. The number of aromatic amines is 2. The molecule has 0 bridgehead atoms. The van der Waals surface area contributed by atoms with Gasteiger partial charge in [-0.3, -0.25) is 10.2 Å². The number of aliphatic hydroxyl groups excluding tert-OH is 1. The molecule has 61 heavy (non-hydrogen) atoms. The summed E-state index contributed by atoms with van der Waals surface area (Å²) in [5, 5.41) is 23.7. The molecule has 312 valence electrons. The second-order valence-electron chi connectivity index (χ2n) is 15.1. The van der Waals surface area contributed by atoms with Crippen molar-refractivity contribution in [1.82, 2.24) is 25.3 Å². The van der Waals surface area contributed by atoms with Crippen LogP contribution in [0.4, 0.5) is 11.4 Å². The van der Waals surface area contributed by atoms with E-state index in [1.165, 1.54) is 11.1 Å². The van der Waals surface area contributed by atoms with Gasteiger partial charge >= 0.3 is 0 Å². The SMILES string of the molecule is CC.CNC1=C(c2nc3ccccc3[nH]2)C(=O)C(C)(C)N1c1cc(C)cc(C)c1.COc1cc(OC)cc(N2C(=N)C(c3nc4ccccc4[nH]3)=C(O)[C@@H]2c2ccccc2)c1. The molecule has 9 rings (SSSR count). The number of imidazole rings is 2. The fourth-order valence-electron chi connectivity index (χ4n) is 8.05. The molecule has 4 heterocycles. The first-order valence-corrected chi connectivity index (χ1v) is 20.3. The molecule has 12 heteroatoms. The van der Waals surface area contributed by atoms with Crippen LogP contribution in [0.3, 0.4) is 0 Å². The molecule has 2 aliphatic heterocycles. The number of H-pyrrole nitrogens is 2. The molecule has 1 atom stereocenters. The first-order chi connectivity index (χ1) is 29.4. The molecular weight excluding hydrogens is 765 g/mol. The van der Waals surface area contributed by atoms with Crippen molar-refractivity contribution in [2.75, 3.05) is 31.1 Å². The Morgan fingerprint density at radius 1 is 0.721 bits per heavy atom. The van der Waals surface area contributed by atoms with E-state index >= 15 is 0 Å². The minimum Gasteiger partial charge on any atom is -0.509 e. The molecule has 2 aromatic heterocycles. The lowest BCUT2D eigenvalue weighted by molar-refractivity contribution is -0.116. The van der Waals surface area contributed by atoms with Crippen LogP contribution in [-0.2, 0) is 4.79 Å². The molecule has 0 saturated heterocycles. The second kappa shape index (κ2) is 17.1. The molecular formula is C49H52N8O4. The number of Topliss-reactive ketones (excluding diaryl/α,β-unsaturated/α-hetero) is 1. The Labute approximate surface area is 356 Å². The van der Waals surface area contributed by atoms with Gasteiger partial charge < -0.3 is 39.7 Å². The third-order valence-corrected chi connectivity index (χ3v) is 10.7. The van der Waals surface area contributed by atoms with E-state index in [1.54, 1.807) is 25.2 Å². The van der Waals surface area contributed by atoms with E-state index in [0.29, 0.717) is 40.0 Å². The second-order valence-corrected chi connectivity index (χ2v) is 15.1. The summed E-state index contributed by atoms with van der Waals surface area (Å²) in [4.78, 5) is 33.1. The number of ketones is 1. The Morgan fingerprint density at radius 3 is 1.74 bits per heavy atom. The summed E-state index contributed by atoms with van der Waals surface area (Å²) in [6.45, 7) is 12.1. The molecule has 5 N–H and O–H groups in total. The van der Waals surface area contributed by atoms with Gasteiger partial charge in [-0.1, -0.05) is 74.5 Å². The molecule has 0 saturated carbocycles. The van der Waals surface area contributed by atoms with Gasteiger partial charge in [0.1, 0.15) is 57.7 Å². The molecule has 0 fully saturated rings. The van der Waals surface area contributed by atoms with Crippen LogP contribution in [0.15, 0.2) is 127 Å². The Kier molecular flexibility index (Phi) is 11.7. The van der Waals surface area contributed by atoms with E-state index in [9.17, 15) is 9.90 Å². The molecule has 12 nitrogen and oxygen atoms in total. The quantitative estimate of drug-likeness (QED) is 0.101. The number of carbonyl (C=O) groups is 1. The number of aryl methyl sites for hydroxylation is 2. The van der Waals surface area contributed by atoms with E-state index in [1.807, 2.05) is 126 Å². The van der Waals surface area contributed by atoms with Crippen molar-refractivity contribution >= 4 is 56.2 Å². The Hall–Kier alpha value is -7.34. The van der Waals surface area contributed by atoms with Crippen molar-refractivity contribution in [3.05, 3.63) is 155 Å². The zero-order valence-corrected chi connectivity index (χ0v) is 36.0. The van der Waals surface area contributed by atoms with Crippen LogP contribution in [-0.4, -0.2) is 63.5 Å². The number of amidine groups is 1. The van der Waals surface area contributed by atoms with Crippen LogP contribution in [0.2, 0.25) is 0 Å². The monoisotopic (exact) mass is 816 g/mol. The highest BCUT2D eigenvalue weighted by molar-refractivity contribution is 6.31. The van der Waals surface area contributed by atoms with E-state index < -0.39 is 11.6 Å². The van der Waals surface area contributed by atoms with E-state index in [-0.39, 0.29) is 17.4 Å². The minimum atomic E-state index is -0.715. The van der Waals surface area contributed by atoms with Gasteiger partial charge in [0.25, 0.3) is 0 Å². The molecule has 2 aliphatic rings. The van der Waals surface area contributed by atoms with Crippen molar-refractivity contribution in [1.29, 1.82) is 5.41 Å². The minimum absolute atomic E-state index is 0.0464. The Balaban J connectivity index is 0.000000179. The number of methoxy groups -OCH3 is 2. The summed E-state index contributed by atoms with van der Waals surface area (Å²) in [6, 6.07) is 36.2. The average Bonchev–Trinajstić information content (AvgIpc) is 4.00. The summed E-state index contributed by atoms with van der Waals surface area (Å²) in [5.74, 6) is 3.25. The van der Waals surface area contributed by atoms with Crippen LogP contribution in [0.1, 0.15) is 62.1 Å². The zero-order chi connectivity index (χ0) is 43.6. The third kappa shape index (κ3) is 7.68. The largest absolute Gasteiger partial charge is 0.509 e. The number of hydrogen-bond acceptors (Lipinski definition) is 9. The van der Waals surface area contributed by atoms with Gasteiger partial charge in [0.2, 0.25) is 0 Å². The number of ether oxygens (including phenoxy) is 2. The fourth-order valence-corrected chi connectivity index (χ4v) is 8.05. The van der Waals surface area contributed by atoms with Gasteiger partial charge in [-0.2, -0.15) is 0 Å². The van der Waals surface area contributed by atoms with Gasteiger partial charge in [-0.15, -0.1) is 0 Å². The Bertz CT molecular complexity index is 2710. The van der Waals surface area contributed by atoms with Gasteiger partial charge in [0, 0.05) is 30.9 Å². The maximum absolute atomic E-state index is 13.4. The molecule has 7 aromatic rings. The lowest BCUT2D eigenvalue weighted by Gasteiger charge is -2.34. The van der Waals surface area contributed by atoms with Gasteiger partial charge in [-0.05, 0) is 80.8 Å². The predicted molar refractivity (Wildman–Crippen MR) is 245 cm³/mol. The fraction of sp³-hybridized carbons (Fsp3) is 0.224. The number of aromatic nitrogens is 4. The van der Waals surface area contributed by atoms with Crippen molar-refractivity contribution in [3.63, 3.8) is 0 Å². The number of nitrogens with zero attached hydrogens (tertiary/aromatic N) is 4. The highest BCUT2D eigenvalue weighted by atomic mass is 16.5. The maximum atomic E-state index is 13.4. The lowest BCUT2D eigenvalue weighted by atomic mass is 9.95. The summed E-state index contributed by atoms with van der Waals surface area (Å²) >= 11 is 0. The summed E-state index contributed by atoms with van der Waals surface area (Å²) in [7, 11) is 5.01. The normalized spacial score (nSPS) is 15.9. The number of carbonyl (C=O) groups excluding carboxylic acids is 1. The topological polar surface area (TPSA) is 155 Å². The van der Waals surface area contributed by atoms with E-state index in [4.69, 9.17) is 14.9 Å². The molecule has 0 radical (unpaired) electrons. The number of nitrogens with one attached hydrogen (secondary N) is 4. The highest BCUT2D eigenvalue weighted by Gasteiger charge is 2.48. The van der Waals surface area contributed by atoms with Gasteiger partial charge in [-0.25, -0.2) is 9.97 Å². The van der Waals surface area contributed by atoms with Crippen molar-refractivity contribution in [2.45, 2.75) is 53.1 Å². The number of benzene rings is 5. The smallest absolute Gasteiger partial charge is 0.195 e. The average molecular weight is 817 g/mol. The number of para-hydroxylation sites is 4. The van der Waals surface area contributed by atoms with E-state index in [2.05, 4.69) is 62.2 Å². The highest BCUT2D eigenvalue weighted by Crippen LogP contribution is 2.45. The number of fused-ring (bicyclic) bond motifs is 2. The lowest BCUT2D eigenvalue weighted by Crippen LogP contribution is -2.46. The summed E-state index contributed by atoms with van der Waals surface area (Å²) < 4.78 is 10.9. The first kappa shape index (κ1) is 41.8. The van der Waals surface area contributed by atoms with Crippen LogP contribution in [0.5, 0.6) is 11.5 Å². The van der Waals surface area contributed by atoms with Crippen molar-refractivity contribution < 1.29 is 19.4 Å². The summed E-state index contributed by atoms with van der Waals surface area (Å²) in [6.07, 6.45) is 0. The number of hydrogen-bond donors (Lipinski definition) is 5. The zero-order valence-electron chi connectivity index (χ0n) is 36.0. The number of anilines is 2. The van der Waals surface area contributed by atoms with Gasteiger partial charge in [0.05, 0.1) is 47.5 Å². The molecule has 0 unspecified atom stereocenters. The first-order valence-electron chi connectivity index (χ1n) is 20.3. The van der Waals surface area contributed by atoms with Gasteiger partial charge in [0.15, 0.2) is 5.78 Å². The molecule has 5 aromatic carbocycles. The molecule has 0 amide bonds. The number of rotatable bonds is 8. The van der Waals surface area contributed by atoms with Crippen LogP contribution >= 0.6 is 0 Å².